The number of hydrogen-bond acceptors (Lipinski definition) is 3. The molecule has 0 aliphatic carbocycles. The Morgan fingerprint density at radius 2 is 2.09 bits per heavy atom. The molecule has 0 fully saturated rings. The van der Waals surface area contributed by atoms with Crippen molar-refractivity contribution < 1.29 is 48.7 Å². The first-order chi connectivity index (χ1) is 4.45. The molecule has 11 heavy (non-hydrogen) atoms. The first kappa shape index (κ1) is 13.9. The van der Waals surface area contributed by atoms with Gasteiger partial charge < -0.3 is 6.33 Å². The topological polar surface area (TPSA) is 74.7 Å². The molecule has 1 amide bonds. The first-order valence-corrected chi connectivity index (χ1v) is 4.17. The molecule has 0 heterocycles. The monoisotopic (exact) mass is 191 g/mol. The SMILES string of the molecule is CN(C=O)CCS(=O)(=O)O.[H-].[Na+]. The van der Waals surface area contributed by atoms with E-state index in [1.54, 1.807) is 0 Å². The zero-order chi connectivity index (χ0) is 8.20. The van der Waals surface area contributed by atoms with Gasteiger partial charge >= 0.3 is 29.6 Å². The van der Waals surface area contributed by atoms with Crippen LogP contribution in [0, 0.1) is 0 Å². The second-order valence-corrected chi connectivity index (χ2v) is 3.44. The average Bonchev–Trinajstić information content (AvgIpc) is 1.81. The van der Waals surface area contributed by atoms with E-state index in [0.29, 0.717) is 6.41 Å². The van der Waals surface area contributed by atoms with E-state index in [4.69, 9.17) is 4.55 Å². The van der Waals surface area contributed by atoms with Crippen LogP contribution in [0.3, 0.4) is 0 Å². The molecule has 0 aromatic carbocycles. The molecule has 1 N–H and O–H groups in total. The third kappa shape index (κ3) is 10.4. The molecule has 0 radical (unpaired) electrons. The maximum Gasteiger partial charge on any atom is 1.00 e. The molecule has 0 saturated carbocycles. The predicted octanol–water partition coefficient (Wildman–Crippen LogP) is -3.92. The minimum absolute atomic E-state index is 0. The molecule has 0 aliphatic heterocycles. The van der Waals surface area contributed by atoms with Gasteiger partial charge in [0.1, 0.15) is 0 Å². The number of hydrogen-bond donors (Lipinski definition) is 1. The van der Waals surface area contributed by atoms with Crippen molar-refractivity contribution in [2.75, 3.05) is 19.3 Å². The van der Waals surface area contributed by atoms with Gasteiger partial charge in [0.05, 0.1) is 5.75 Å². The van der Waals surface area contributed by atoms with Crippen LogP contribution in [0.25, 0.3) is 0 Å². The zero-order valence-corrected chi connectivity index (χ0v) is 9.34. The standard InChI is InChI=1S/C4H9NO4S.Na.H/c1-5(4-6)2-3-10(7,8)9;;/h4H,2-3H2,1H3,(H,7,8,9);;/q;+1;-1. The summed E-state index contributed by atoms with van der Waals surface area (Å²) in [4.78, 5) is 11.0. The third-order valence-electron chi connectivity index (χ3n) is 0.882. The third-order valence-corrected chi connectivity index (χ3v) is 1.58. The molecule has 0 saturated heterocycles. The Bertz CT molecular complexity index is 207. The minimum Gasteiger partial charge on any atom is -1.00 e. The van der Waals surface area contributed by atoms with Crippen LogP contribution in [0.4, 0.5) is 0 Å². The minimum atomic E-state index is -3.93. The van der Waals surface area contributed by atoms with Gasteiger partial charge in [-0.1, -0.05) is 0 Å². The van der Waals surface area contributed by atoms with Crippen LogP contribution in [-0.2, 0) is 14.9 Å². The summed E-state index contributed by atoms with van der Waals surface area (Å²) < 4.78 is 28.3. The van der Waals surface area contributed by atoms with Crippen LogP contribution >= 0.6 is 0 Å². The van der Waals surface area contributed by atoms with Crippen molar-refractivity contribution in [1.82, 2.24) is 4.90 Å². The number of carbonyl (C=O) groups is 1. The summed E-state index contributed by atoms with van der Waals surface area (Å²) in [5.41, 5.74) is 0. The van der Waals surface area contributed by atoms with Crippen LogP contribution in [0.2, 0.25) is 0 Å². The largest absolute Gasteiger partial charge is 1.00 e. The second kappa shape index (κ2) is 5.96. The maximum absolute atomic E-state index is 10.1. The van der Waals surface area contributed by atoms with Gasteiger partial charge in [-0.2, -0.15) is 8.42 Å². The molecular formula is C4H10NNaO4S. The summed E-state index contributed by atoms with van der Waals surface area (Å²) >= 11 is 0. The number of amides is 1. The summed E-state index contributed by atoms with van der Waals surface area (Å²) in [5.74, 6) is -0.414. The van der Waals surface area contributed by atoms with Gasteiger partial charge in [0, 0.05) is 13.6 Å². The Balaban J connectivity index is -0.000000405. The van der Waals surface area contributed by atoms with E-state index in [1.165, 1.54) is 7.05 Å². The zero-order valence-electron chi connectivity index (χ0n) is 7.52. The Morgan fingerprint density at radius 3 is 2.36 bits per heavy atom. The second-order valence-electron chi connectivity index (χ2n) is 1.87. The molecule has 5 nitrogen and oxygen atoms in total. The van der Waals surface area contributed by atoms with Crippen molar-refractivity contribution in [3.8, 4) is 0 Å². The van der Waals surface area contributed by atoms with Crippen LogP contribution in [0.1, 0.15) is 1.43 Å². The van der Waals surface area contributed by atoms with Gasteiger partial charge in [-0.3, -0.25) is 9.35 Å². The smallest absolute Gasteiger partial charge is 1.00 e. The normalized spacial score (nSPS) is 10.0. The van der Waals surface area contributed by atoms with Gasteiger partial charge in [-0.25, -0.2) is 0 Å². The fraction of sp³-hybridized carbons (Fsp3) is 0.750. The van der Waals surface area contributed by atoms with Crippen molar-refractivity contribution in [3.05, 3.63) is 0 Å². The molecular weight excluding hydrogens is 181 g/mol. The van der Waals surface area contributed by atoms with Gasteiger partial charge in [-0.05, 0) is 0 Å². The van der Waals surface area contributed by atoms with E-state index in [9.17, 15) is 13.2 Å². The molecule has 0 unspecified atom stereocenters. The predicted molar refractivity (Wildman–Crippen MR) is 36.2 cm³/mol. The summed E-state index contributed by atoms with van der Waals surface area (Å²) in [6.45, 7) is 0.0162. The summed E-state index contributed by atoms with van der Waals surface area (Å²) in [6, 6.07) is 0. The number of nitrogens with zero attached hydrogens (tertiary/aromatic N) is 1. The van der Waals surface area contributed by atoms with E-state index < -0.39 is 15.9 Å². The molecule has 0 spiro atoms. The van der Waals surface area contributed by atoms with Crippen molar-refractivity contribution in [1.29, 1.82) is 0 Å². The summed E-state index contributed by atoms with van der Waals surface area (Å²) in [5, 5.41) is 0. The molecule has 62 valence electrons. The fourth-order valence-electron chi connectivity index (χ4n) is 0.312. The van der Waals surface area contributed by atoms with Crippen molar-refractivity contribution in [2.45, 2.75) is 0 Å². The molecule has 0 bridgehead atoms. The van der Waals surface area contributed by atoms with Gasteiger partial charge in [0.15, 0.2) is 0 Å². The Hall–Kier alpha value is 0.380. The van der Waals surface area contributed by atoms with E-state index in [-0.39, 0.29) is 37.5 Å². The quantitative estimate of drug-likeness (QED) is 0.280. The number of carbonyl (C=O) groups excluding carboxylic acids is 1. The summed E-state index contributed by atoms with van der Waals surface area (Å²) in [6.07, 6.45) is 0.491. The Kier molecular flexibility index (Phi) is 7.55. The van der Waals surface area contributed by atoms with E-state index in [2.05, 4.69) is 0 Å². The van der Waals surface area contributed by atoms with Crippen LogP contribution in [-0.4, -0.2) is 43.6 Å². The van der Waals surface area contributed by atoms with E-state index in [1.807, 2.05) is 0 Å². The fourth-order valence-corrected chi connectivity index (χ4v) is 0.831. The van der Waals surface area contributed by atoms with Crippen molar-refractivity contribution >= 4 is 16.5 Å². The van der Waals surface area contributed by atoms with Crippen LogP contribution in [0.5, 0.6) is 0 Å². The van der Waals surface area contributed by atoms with Gasteiger partial charge in [-0.15, -0.1) is 0 Å². The Morgan fingerprint density at radius 1 is 1.64 bits per heavy atom. The maximum atomic E-state index is 10.1. The average molecular weight is 191 g/mol. The summed E-state index contributed by atoms with van der Waals surface area (Å²) in [7, 11) is -2.50. The molecule has 0 aliphatic rings. The van der Waals surface area contributed by atoms with Gasteiger partial charge in [0.25, 0.3) is 10.1 Å². The van der Waals surface area contributed by atoms with Crippen molar-refractivity contribution in [3.63, 3.8) is 0 Å². The molecule has 0 aromatic rings. The first-order valence-electron chi connectivity index (χ1n) is 2.56. The molecule has 0 rings (SSSR count). The van der Waals surface area contributed by atoms with E-state index >= 15 is 0 Å². The van der Waals surface area contributed by atoms with Crippen LogP contribution in [0.15, 0.2) is 0 Å². The van der Waals surface area contributed by atoms with E-state index in [0.717, 1.165) is 4.90 Å². The molecule has 7 heteroatoms. The number of rotatable bonds is 4. The van der Waals surface area contributed by atoms with Crippen LogP contribution < -0.4 is 29.6 Å². The van der Waals surface area contributed by atoms with Gasteiger partial charge in [0.2, 0.25) is 6.41 Å². The molecule has 0 aromatic heterocycles. The Labute approximate surface area is 89.3 Å². The van der Waals surface area contributed by atoms with Crippen molar-refractivity contribution in [2.24, 2.45) is 0 Å². The molecule has 0 atom stereocenters.